The number of benzene rings is 2. The Labute approximate surface area is 119 Å². The molecule has 0 radical (unpaired) electrons. The molecule has 0 aliphatic heterocycles. The summed E-state index contributed by atoms with van der Waals surface area (Å²) in [6, 6.07) is 8.60. The maximum atomic E-state index is 13.6. The molecule has 2 aromatic rings. The number of carbonyl (C=O) groups excluding carboxylic acids is 1. The zero-order valence-electron chi connectivity index (χ0n) is 9.58. The fourth-order valence-corrected chi connectivity index (χ4v) is 1.98. The van der Waals surface area contributed by atoms with E-state index >= 15 is 0 Å². The third kappa shape index (κ3) is 2.97. The van der Waals surface area contributed by atoms with Gasteiger partial charge in [-0.2, -0.15) is 0 Å². The van der Waals surface area contributed by atoms with Crippen LogP contribution in [0.5, 0.6) is 0 Å². The van der Waals surface area contributed by atoms with Gasteiger partial charge in [-0.05, 0) is 30.3 Å². The van der Waals surface area contributed by atoms with Crippen LogP contribution in [0.4, 0.5) is 15.8 Å². The quantitative estimate of drug-likeness (QED) is 0.824. The first-order chi connectivity index (χ1) is 8.99. The number of nitrogens with two attached hydrogens (primary N) is 1. The van der Waals surface area contributed by atoms with Crippen LogP contribution in [-0.4, -0.2) is 5.91 Å². The van der Waals surface area contributed by atoms with Crippen molar-refractivity contribution in [3.8, 4) is 0 Å². The SMILES string of the molecule is Nc1cc(Cl)ccc1NC(=O)c1c(F)cccc1Cl. The summed E-state index contributed by atoms with van der Waals surface area (Å²) in [7, 11) is 0. The number of hydrogen-bond donors (Lipinski definition) is 2. The summed E-state index contributed by atoms with van der Waals surface area (Å²) in [5, 5.41) is 2.96. The van der Waals surface area contributed by atoms with E-state index in [4.69, 9.17) is 28.9 Å². The van der Waals surface area contributed by atoms with Crippen LogP contribution >= 0.6 is 23.2 Å². The van der Waals surface area contributed by atoms with Gasteiger partial charge in [-0.25, -0.2) is 4.39 Å². The minimum absolute atomic E-state index is 0.0324. The van der Waals surface area contributed by atoms with Crippen LogP contribution in [0.3, 0.4) is 0 Å². The summed E-state index contributed by atoms with van der Waals surface area (Å²) >= 11 is 11.5. The van der Waals surface area contributed by atoms with Gasteiger partial charge in [0.15, 0.2) is 0 Å². The minimum atomic E-state index is -0.697. The van der Waals surface area contributed by atoms with E-state index in [0.29, 0.717) is 10.7 Å². The third-order valence-corrected chi connectivity index (χ3v) is 3.00. The van der Waals surface area contributed by atoms with Crippen LogP contribution in [0.25, 0.3) is 0 Å². The van der Waals surface area contributed by atoms with Gasteiger partial charge < -0.3 is 11.1 Å². The van der Waals surface area contributed by atoms with Gasteiger partial charge in [-0.15, -0.1) is 0 Å². The van der Waals surface area contributed by atoms with E-state index in [0.717, 1.165) is 6.07 Å². The van der Waals surface area contributed by atoms with Gasteiger partial charge in [0.05, 0.1) is 22.0 Å². The van der Waals surface area contributed by atoms with E-state index in [-0.39, 0.29) is 16.3 Å². The first-order valence-electron chi connectivity index (χ1n) is 5.29. The summed E-state index contributed by atoms with van der Waals surface area (Å²) in [6.45, 7) is 0. The number of hydrogen-bond acceptors (Lipinski definition) is 2. The van der Waals surface area contributed by atoms with Crippen LogP contribution in [-0.2, 0) is 0 Å². The van der Waals surface area contributed by atoms with E-state index < -0.39 is 11.7 Å². The van der Waals surface area contributed by atoms with Crippen molar-refractivity contribution in [2.24, 2.45) is 0 Å². The van der Waals surface area contributed by atoms with Crippen molar-refractivity contribution in [2.45, 2.75) is 0 Å². The lowest BCUT2D eigenvalue weighted by atomic mass is 10.2. The Morgan fingerprint density at radius 3 is 2.58 bits per heavy atom. The summed E-state index contributed by atoms with van der Waals surface area (Å²) in [5.74, 6) is -1.37. The Morgan fingerprint density at radius 2 is 1.95 bits per heavy atom. The highest BCUT2D eigenvalue weighted by Gasteiger charge is 2.16. The van der Waals surface area contributed by atoms with Crippen molar-refractivity contribution in [2.75, 3.05) is 11.1 Å². The zero-order valence-corrected chi connectivity index (χ0v) is 11.1. The largest absolute Gasteiger partial charge is 0.397 e. The van der Waals surface area contributed by atoms with Crippen LogP contribution < -0.4 is 11.1 Å². The third-order valence-electron chi connectivity index (χ3n) is 2.45. The Bertz CT molecular complexity index is 626. The lowest BCUT2D eigenvalue weighted by molar-refractivity contribution is 0.102. The summed E-state index contributed by atoms with van der Waals surface area (Å²) in [5.41, 5.74) is 6.10. The first-order valence-corrected chi connectivity index (χ1v) is 6.05. The maximum Gasteiger partial charge on any atom is 0.260 e. The molecule has 0 unspecified atom stereocenters. The molecule has 2 rings (SSSR count). The fraction of sp³-hybridized carbons (Fsp3) is 0. The molecule has 3 N–H and O–H groups in total. The van der Waals surface area contributed by atoms with Gasteiger partial charge >= 0.3 is 0 Å². The second kappa shape index (κ2) is 5.47. The highest BCUT2D eigenvalue weighted by Crippen LogP contribution is 2.25. The topological polar surface area (TPSA) is 55.1 Å². The van der Waals surface area contributed by atoms with E-state index in [1.807, 2.05) is 0 Å². The minimum Gasteiger partial charge on any atom is -0.397 e. The molecule has 0 saturated heterocycles. The Hall–Kier alpha value is -1.78. The van der Waals surface area contributed by atoms with Crippen molar-refractivity contribution in [1.29, 1.82) is 0 Å². The van der Waals surface area contributed by atoms with Crippen LogP contribution in [0.15, 0.2) is 36.4 Å². The van der Waals surface area contributed by atoms with E-state index in [1.165, 1.54) is 24.3 Å². The molecule has 0 aromatic heterocycles. The summed E-state index contributed by atoms with van der Waals surface area (Å²) in [4.78, 5) is 12.0. The van der Waals surface area contributed by atoms with E-state index in [1.54, 1.807) is 6.07 Å². The monoisotopic (exact) mass is 298 g/mol. The van der Waals surface area contributed by atoms with Gasteiger partial charge in [0, 0.05) is 5.02 Å². The summed E-state index contributed by atoms with van der Waals surface area (Å²) in [6.07, 6.45) is 0. The number of carbonyl (C=O) groups is 1. The summed E-state index contributed by atoms with van der Waals surface area (Å²) < 4.78 is 13.6. The van der Waals surface area contributed by atoms with Gasteiger partial charge in [0.25, 0.3) is 5.91 Å². The Kier molecular flexibility index (Phi) is 3.93. The van der Waals surface area contributed by atoms with E-state index in [2.05, 4.69) is 5.32 Å². The zero-order chi connectivity index (χ0) is 14.0. The average molecular weight is 299 g/mol. The first kappa shape index (κ1) is 13.6. The number of rotatable bonds is 2. The normalized spacial score (nSPS) is 10.3. The molecule has 19 heavy (non-hydrogen) atoms. The number of halogens is 3. The molecule has 1 amide bonds. The molecular weight excluding hydrogens is 290 g/mol. The number of amides is 1. The highest BCUT2D eigenvalue weighted by molar-refractivity contribution is 6.34. The lowest BCUT2D eigenvalue weighted by Gasteiger charge is -2.10. The van der Waals surface area contributed by atoms with E-state index in [9.17, 15) is 9.18 Å². The van der Waals surface area contributed by atoms with Gasteiger partial charge in [0.2, 0.25) is 0 Å². The lowest BCUT2D eigenvalue weighted by Crippen LogP contribution is -2.15. The smallest absolute Gasteiger partial charge is 0.260 e. The van der Waals surface area contributed by atoms with Crippen LogP contribution in [0.2, 0.25) is 10.0 Å². The molecule has 0 heterocycles. The highest BCUT2D eigenvalue weighted by atomic mass is 35.5. The average Bonchev–Trinajstić information content (AvgIpc) is 2.32. The molecule has 0 atom stereocenters. The molecule has 0 aliphatic carbocycles. The molecule has 98 valence electrons. The van der Waals surface area contributed by atoms with Crippen molar-refractivity contribution in [1.82, 2.24) is 0 Å². The molecule has 0 fully saturated rings. The second-order valence-corrected chi connectivity index (χ2v) is 4.63. The fourth-order valence-electron chi connectivity index (χ4n) is 1.55. The molecule has 0 bridgehead atoms. The molecule has 3 nitrogen and oxygen atoms in total. The predicted octanol–water partition coefficient (Wildman–Crippen LogP) is 3.97. The van der Waals surface area contributed by atoms with Gasteiger partial charge in [-0.1, -0.05) is 29.3 Å². The molecule has 6 heteroatoms. The van der Waals surface area contributed by atoms with Crippen LogP contribution in [0.1, 0.15) is 10.4 Å². The molecule has 0 spiro atoms. The van der Waals surface area contributed by atoms with Gasteiger partial charge in [-0.3, -0.25) is 4.79 Å². The number of nitrogens with one attached hydrogen (secondary N) is 1. The second-order valence-electron chi connectivity index (χ2n) is 3.78. The van der Waals surface area contributed by atoms with Crippen molar-refractivity contribution in [3.05, 3.63) is 57.8 Å². The van der Waals surface area contributed by atoms with Crippen LogP contribution in [0, 0.1) is 5.82 Å². The van der Waals surface area contributed by atoms with Crippen molar-refractivity contribution >= 4 is 40.5 Å². The van der Waals surface area contributed by atoms with Crippen molar-refractivity contribution in [3.63, 3.8) is 0 Å². The van der Waals surface area contributed by atoms with Gasteiger partial charge in [0.1, 0.15) is 5.82 Å². The molecular formula is C13H9Cl2FN2O. The molecule has 2 aromatic carbocycles. The predicted molar refractivity (Wildman–Crippen MR) is 75.2 cm³/mol. The molecule has 0 aliphatic rings. The standard InChI is InChI=1S/C13H9Cl2FN2O/c14-7-4-5-11(10(17)6-7)18-13(19)12-8(15)2-1-3-9(12)16/h1-6H,17H2,(H,18,19). The van der Waals surface area contributed by atoms with Crippen molar-refractivity contribution < 1.29 is 9.18 Å². The maximum absolute atomic E-state index is 13.6. The Morgan fingerprint density at radius 1 is 1.21 bits per heavy atom. The molecule has 0 saturated carbocycles. The number of nitrogen functional groups attached to an aromatic ring is 1. The Balaban J connectivity index is 2.31. The number of anilines is 2.